The Morgan fingerprint density at radius 3 is 2.37 bits per heavy atom. The van der Waals surface area contributed by atoms with E-state index in [4.69, 9.17) is 5.21 Å². The van der Waals surface area contributed by atoms with E-state index in [2.05, 4.69) is 5.16 Å². The Bertz CT molecular complexity index is 426. The molecule has 0 aromatic carbocycles. The molecule has 2 atom stereocenters. The van der Waals surface area contributed by atoms with E-state index in [1.54, 1.807) is 4.90 Å². The highest BCUT2D eigenvalue weighted by Gasteiger charge is 2.51. The lowest BCUT2D eigenvalue weighted by molar-refractivity contribution is -0.143. The number of rotatable bonds is 1. The van der Waals surface area contributed by atoms with Crippen LogP contribution in [0.2, 0.25) is 0 Å². The highest BCUT2D eigenvalue weighted by molar-refractivity contribution is 6.08. The SMILES string of the molecule is O=C1[C@H]2CCC(=NO)C[C@@H]2C(=O)N1C1CCCCC1. The van der Waals surface area contributed by atoms with Crippen molar-refractivity contribution in [2.45, 2.75) is 57.4 Å². The van der Waals surface area contributed by atoms with Gasteiger partial charge < -0.3 is 5.21 Å². The average molecular weight is 264 g/mol. The fourth-order valence-corrected chi connectivity index (χ4v) is 3.83. The molecule has 1 heterocycles. The molecule has 3 rings (SSSR count). The molecule has 0 spiro atoms. The summed E-state index contributed by atoms with van der Waals surface area (Å²) in [5, 5.41) is 12.1. The molecule has 2 amide bonds. The van der Waals surface area contributed by atoms with Gasteiger partial charge in [0.05, 0.1) is 17.5 Å². The summed E-state index contributed by atoms with van der Waals surface area (Å²) in [6, 6.07) is 0.119. The largest absolute Gasteiger partial charge is 0.411 e. The number of oxime groups is 1. The molecular formula is C14H20N2O3. The summed E-state index contributed by atoms with van der Waals surface area (Å²) in [5.74, 6) is -0.435. The van der Waals surface area contributed by atoms with Crippen molar-refractivity contribution in [2.75, 3.05) is 0 Å². The van der Waals surface area contributed by atoms with Crippen molar-refractivity contribution < 1.29 is 14.8 Å². The fourth-order valence-electron chi connectivity index (χ4n) is 3.83. The maximum atomic E-state index is 12.5. The van der Waals surface area contributed by atoms with Gasteiger partial charge in [-0.3, -0.25) is 14.5 Å². The van der Waals surface area contributed by atoms with Crippen LogP contribution in [0, 0.1) is 11.8 Å². The van der Waals surface area contributed by atoms with Crippen LogP contribution < -0.4 is 0 Å². The molecule has 5 heteroatoms. The van der Waals surface area contributed by atoms with E-state index in [0.29, 0.717) is 25.0 Å². The molecule has 3 fully saturated rings. The van der Waals surface area contributed by atoms with E-state index in [9.17, 15) is 9.59 Å². The van der Waals surface area contributed by atoms with Gasteiger partial charge in [0.25, 0.3) is 0 Å². The van der Waals surface area contributed by atoms with Gasteiger partial charge in [0, 0.05) is 12.5 Å². The second kappa shape index (κ2) is 4.94. The summed E-state index contributed by atoms with van der Waals surface area (Å²) in [6.07, 6.45) is 7.08. The molecule has 0 unspecified atom stereocenters. The number of nitrogens with zero attached hydrogens (tertiary/aromatic N) is 2. The molecule has 104 valence electrons. The number of fused-ring (bicyclic) bond motifs is 1. The molecule has 1 N–H and O–H groups in total. The third kappa shape index (κ3) is 2.05. The predicted octanol–water partition coefficient (Wildman–Crippen LogP) is 1.93. The predicted molar refractivity (Wildman–Crippen MR) is 68.8 cm³/mol. The summed E-state index contributed by atoms with van der Waals surface area (Å²) in [4.78, 5) is 26.5. The minimum Gasteiger partial charge on any atom is -0.411 e. The number of amides is 2. The van der Waals surface area contributed by atoms with E-state index in [0.717, 1.165) is 25.7 Å². The topological polar surface area (TPSA) is 70.0 Å². The van der Waals surface area contributed by atoms with Gasteiger partial charge in [0.15, 0.2) is 0 Å². The molecule has 0 radical (unpaired) electrons. The van der Waals surface area contributed by atoms with Crippen molar-refractivity contribution in [1.82, 2.24) is 4.90 Å². The highest BCUT2D eigenvalue weighted by atomic mass is 16.4. The number of hydrogen-bond acceptors (Lipinski definition) is 4. The van der Waals surface area contributed by atoms with E-state index in [-0.39, 0.29) is 29.7 Å². The smallest absolute Gasteiger partial charge is 0.233 e. The lowest BCUT2D eigenvalue weighted by Crippen LogP contribution is -2.41. The monoisotopic (exact) mass is 264 g/mol. The van der Waals surface area contributed by atoms with Gasteiger partial charge in [-0.05, 0) is 25.7 Å². The molecule has 5 nitrogen and oxygen atoms in total. The van der Waals surface area contributed by atoms with Crippen LogP contribution in [0.4, 0.5) is 0 Å². The van der Waals surface area contributed by atoms with Crippen LogP contribution in [0.5, 0.6) is 0 Å². The number of imide groups is 1. The Labute approximate surface area is 112 Å². The summed E-state index contributed by atoms with van der Waals surface area (Å²) in [7, 11) is 0. The van der Waals surface area contributed by atoms with E-state index >= 15 is 0 Å². The number of likely N-dealkylation sites (tertiary alicyclic amines) is 1. The summed E-state index contributed by atoms with van der Waals surface area (Å²) in [6.45, 7) is 0. The Morgan fingerprint density at radius 1 is 1.00 bits per heavy atom. The van der Waals surface area contributed by atoms with Crippen LogP contribution in [0.1, 0.15) is 51.4 Å². The van der Waals surface area contributed by atoms with Gasteiger partial charge in [0.1, 0.15) is 0 Å². The number of carbonyl (C=O) groups is 2. The second-order valence-electron chi connectivity index (χ2n) is 5.96. The first-order valence-corrected chi connectivity index (χ1v) is 7.29. The Hall–Kier alpha value is -1.39. The van der Waals surface area contributed by atoms with Gasteiger partial charge in [-0.25, -0.2) is 0 Å². The van der Waals surface area contributed by atoms with E-state index in [1.165, 1.54) is 6.42 Å². The van der Waals surface area contributed by atoms with Crippen LogP contribution >= 0.6 is 0 Å². The Balaban J connectivity index is 1.80. The van der Waals surface area contributed by atoms with Crippen LogP contribution in [-0.4, -0.2) is 33.7 Å². The summed E-state index contributed by atoms with van der Waals surface area (Å²) in [5.41, 5.74) is 0.660. The van der Waals surface area contributed by atoms with Crippen LogP contribution in [0.25, 0.3) is 0 Å². The first kappa shape index (κ1) is 12.6. The normalized spacial score (nSPS) is 34.9. The Kier molecular flexibility index (Phi) is 3.29. The van der Waals surface area contributed by atoms with Gasteiger partial charge in [0.2, 0.25) is 11.8 Å². The van der Waals surface area contributed by atoms with Crippen LogP contribution in [-0.2, 0) is 9.59 Å². The van der Waals surface area contributed by atoms with E-state index in [1.807, 2.05) is 0 Å². The molecule has 0 aromatic rings. The molecule has 1 aliphatic heterocycles. The molecular weight excluding hydrogens is 244 g/mol. The van der Waals surface area contributed by atoms with E-state index < -0.39 is 0 Å². The first-order chi connectivity index (χ1) is 9.22. The van der Waals surface area contributed by atoms with Crippen molar-refractivity contribution in [3.05, 3.63) is 0 Å². The summed E-state index contributed by atoms with van der Waals surface area (Å²) < 4.78 is 0. The van der Waals surface area contributed by atoms with Crippen molar-refractivity contribution in [3.63, 3.8) is 0 Å². The molecule has 19 heavy (non-hydrogen) atoms. The lowest BCUT2D eigenvalue weighted by atomic mass is 9.80. The fraction of sp³-hybridized carbons (Fsp3) is 0.786. The molecule has 2 aliphatic carbocycles. The zero-order valence-corrected chi connectivity index (χ0v) is 11.0. The van der Waals surface area contributed by atoms with Crippen LogP contribution in [0.3, 0.4) is 0 Å². The van der Waals surface area contributed by atoms with Crippen molar-refractivity contribution >= 4 is 17.5 Å². The van der Waals surface area contributed by atoms with Gasteiger partial charge >= 0.3 is 0 Å². The number of hydrogen-bond donors (Lipinski definition) is 1. The first-order valence-electron chi connectivity index (χ1n) is 7.29. The average Bonchev–Trinajstić information content (AvgIpc) is 2.71. The molecule has 1 saturated heterocycles. The third-order valence-electron chi connectivity index (χ3n) is 4.88. The maximum absolute atomic E-state index is 12.5. The van der Waals surface area contributed by atoms with Crippen LogP contribution in [0.15, 0.2) is 5.16 Å². The molecule has 3 aliphatic rings. The summed E-state index contributed by atoms with van der Waals surface area (Å²) >= 11 is 0. The lowest BCUT2D eigenvalue weighted by Gasteiger charge is -2.29. The van der Waals surface area contributed by atoms with Crippen molar-refractivity contribution in [1.29, 1.82) is 0 Å². The molecule has 2 saturated carbocycles. The quantitative estimate of drug-likeness (QED) is 0.447. The van der Waals surface area contributed by atoms with Gasteiger partial charge in [-0.2, -0.15) is 0 Å². The van der Waals surface area contributed by atoms with Crippen molar-refractivity contribution in [2.24, 2.45) is 17.0 Å². The zero-order valence-electron chi connectivity index (χ0n) is 11.0. The molecule has 0 aromatic heterocycles. The second-order valence-corrected chi connectivity index (χ2v) is 5.96. The minimum absolute atomic E-state index is 0.0252. The zero-order chi connectivity index (χ0) is 13.4. The highest BCUT2D eigenvalue weighted by Crippen LogP contribution is 2.40. The van der Waals surface area contributed by atoms with Crippen molar-refractivity contribution in [3.8, 4) is 0 Å². The van der Waals surface area contributed by atoms with Gasteiger partial charge in [-0.15, -0.1) is 0 Å². The van der Waals surface area contributed by atoms with Gasteiger partial charge in [-0.1, -0.05) is 24.4 Å². The number of carbonyl (C=O) groups excluding carboxylic acids is 2. The third-order valence-corrected chi connectivity index (χ3v) is 4.88. The maximum Gasteiger partial charge on any atom is 0.233 e. The molecule has 0 bridgehead atoms. The Morgan fingerprint density at radius 2 is 1.68 bits per heavy atom. The standard InChI is InChI=1S/C14H20N2O3/c17-13-11-7-6-9(15-19)8-12(11)14(18)16(13)10-4-2-1-3-5-10/h10-12,19H,1-8H2/t11-,12-/m0/s1. The minimum atomic E-state index is -0.269.